The molecule has 0 fully saturated rings. The Labute approximate surface area is 76.3 Å². The summed E-state index contributed by atoms with van der Waals surface area (Å²) in [4.78, 5) is 0. The average molecular weight is 211 g/mol. The van der Waals surface area contributed by atoms with E-state index in [-0.39, 0.29) is 0 Å². The predicted molar refractivity (Wildman–Crippen MR) is 39.3 cm³/mol. The molecule has 6 heteroatoms. The monoisotopic (exact) mass is 211 g/mol. The van der Waals surface area contributed by atoms with E-state index in [0.29, 0.717) is 12.1 Å². The van der Waals surface area contributed by atoms with Gasteiger partial charge < -0.3 is 5.73 Å². The number of halogens is 5. The second-order valence-electron chi connectivity index (χ2n) is 2.69. The summed E-state index contributed by atoms with van der Waals surface area (Å²) in [7, 11) is 0. The lowest BCUT2D eigenvalue weighted by Gasteiger charge is -2.15. The third-order valence-corrected chi connectivity index (χ3v) is 1.66. The molecule has 14 heavy (non-hydrogen) atoms. The van der Waals surface area contributed by atoms with E-state index in [4.69, 9.17) is 5.73 Å². The molecule has 0 radical (unpaired) electrons. The Balaban J connectivity index is 3.03. The third kappa shape index (κ3) is 2.20. The SMILES string of the molecule is N[C@@H](c1ccc(F)c(F)c1)C(F)(F)F. The van der Waals surface area contributed by atoms with Crippen LogP contribution in [0.4, 0.5) is 22.0 Å². The fraction of sp³-hybridized carbons (Fsp3) is 0.250. The van der Waals surface area contributed by atoms with Gasteiger partial charge in [-0.05, 0) is 17.7 Å². The molecule has 0 saturated carbocycles. The maximum atomic E-state index is 12.5. The summed E-state index contributed by atoms with van der Waals surface area (Å²) in [6.45, 7) is 0. The van der Waals surface area contributed by atoms with Crippen LogP contribution in [0, 0.1) is 11.6 Å². The summed E-state index contributed by atoms with van der Waals surface area (Å²) in [6.07, 6.45) is -4.66. The molecule has 0 saturated heterocycles. The molecule has 0 unspecified atom stereocenters. The predicted octanol–water partition coefficient (Wildman–Crippen LogP) is 2.53. The van der Waals surface area contributed by atoms with Crippen LogP contribution >= 0.6 is 0 Å². The molecule has 2 N–H and O–H groups in total. The van der Waals surface area contributed by atoms with Gasteiger partial charge in [0.05, 0.1) is 0 Å². The highest BCUT2D eigenvalue weighted by Gasteiger charge is 2.38. The second-order valence-corrected chi connectivity index (χ2v) is 2.69. The topological polar surface area (TPSA) is 26.0 Å². The molecule has 1 aromatic rings. The summed E-state index contributed by atoms with van der Waals surface area (Å²) in [5.41, 5.74) is 4.27. The van der Waals surface area contributed by atoms with Gasteiger partial charge in [0, 0.05) is 0 Å². The molecule has 0 bridgehead atoms. The van der Waals surface area contributed by atoms with Crippen molar-refractivity contribution in [2.45, 2.75) is 12.2 Å². The zero-order chi connectivity index (χ0) is 10.9. The smallest absolute Gasteiger partial charge is 0.316 e. The molecule has 0 heterocycles. The summed E-state index contributed by atoms with van der Waals surface area (Å²) in [6, 6.07) is -0.446. The minimum absolute atomic E-state index is 0.438. The first-order chi connectivity index (χ1) is 6.32. The van der Waals surface area contributed by atoms with E-state index in [1.165, 1.54) is 0 Å². The van der Waals surface area contributed by atoms with Crippen molar-refractivity contribution in [3.63, 3.8) is 0 Å². The van der Waals surface area contributed by atoms with Crippen molar-refractivity contribution in [3.05, 3.63) is 35.4 Å². The lowest BCUT2D eigenvalue weighted by molar-refractivity contribution is -0.149. The highest BCUT2D eigenvalue weighted by atomic mass is 19.4. The van der Waals surface area contributed by atoms with Gasteiger partial charge in [0.2, 0.25) is 0 Å². The number of hydrogen-bond donors (Lipinski definition) is 1. The summed E-state index contributed by atoms with van der Waals surface area (Å²) < 4.78 is 61.0. The van der Waals surface area contributed by atoms with Crippen LogP contribution in [-0.2, 0) is 0 Å². The Morgan fingerprint density at radius 1 is 1.07 bits per heavy atom. The van der Waals surface area contributed by atoms with E-state index >= 15 is 0 Å². The summed E-state index contributed by atoms with van der Waals surface area (Å²) in [5, 5.41) is 0. The van der Waals surface area contributed by atoms with Crippen molar-refractivity contribution in [1.82, 2.24) is 0 Å². The van der Waals surface area contributed by atoms with Crippen LogP contribution in [0.15, 0.2) is 18.2 Å². The fourth-order valence-electron chi connectivity index (χ4n) is 0.895. The van der Waals surface area contributed by atoms with Crippen LogP contribution in [0.1, 0.15) is 11.6 Å². The van der Waals surface area contributed by atoms with Crippen LogP contribution < -0.4 is 5.73 Å². The maximum Gasteiger partial charge on any atom is 0.407 e. The van der Waals surface area contributed by atoms with Gasteiger partial charge in [-0.1, -0.05) is 6.07 Å². The molecule has 78 valence electrons. The fourth-order valence-corrected chi connectivity index (χ4v) is 0.895. The van der Waals surface area contributed by atoms with Crippen molar-refractivity contribution in [1.29, 1.82) is 0 Å². The van der Waals surface area contributed by atoms with Gasteiger partial charge >= 0.3 is 6.18 Å². The van der Waals surface area contributed by atoms with Gasteiger partial charge in [-0.2, -0.15) is 13.2 Å². The minimum Gasteiger partial charge on any atom is -0.316 e. The lowest BCUT2D eigenvalue weighted by atomic mass is 10.1. The first kappa shape index (κ1) is 10.9. The summed E-state index contributed by atoms with van der Waals surface area (Å²) >= 11 is 0. The third-order valence-electron chi connectivity index (χ3n) is 1.66. The average Bonchev–Trinajstić information content (AvgIpc) is 2.07. The number of benzene rings is 1. The molecule has 0 aromatic heterocycles. The van der Waals surface area contributed by atoms with Gasteiger partial charge in [0.15, 0.2) is 11.6 Å². The van der Waals surface area contributed by atoms with Crippen molar-refractivity contribution < 1.29 is 22.0 Å². The van der Waals surface area contributed by atoms with Gasteiger partial charge in [-0.3, -0.25) is 0 Å². The highest BCUT2D eigenvalue weighted by molar-refractivity contribution is 5.22. The van der Waals surface area contributed by atoms with Crippen LogP contribution in [0.2, 0.25) is 0 Å². The molecule has 1 rings (SSSR count). The van der Waals surface area contributed by atoms with E-state index < -0.39 is 29.4 Å². The standard InChI is InChI=1S/C8H6F5N/c9-5-2-1-4(3-6(5)10)7(14)8(11,12)13/h1-3,7H,14H2/t7-/m0/s1. The number of hydrogen-bond acceptors (Lipinski definition) is 1. The lowest BCUT2D eigenvalue weighted by Crippen LogP contribution is -2.28. The Morgan fingerprint density at radius 3 is 2.07 bits per heavy atom. The Hall–Kier alpha value is -1.17. The largest absolute Gasteiger partial charge is 0.407 e. The van der Waals surface area contributed by atoms with E-state index in [0.717, 1.165) is 6.07 Å². The molecule has 1 atom stereocenters. The van der Waals surface area contributed by atoms with Crippen molar-refractivity contribution >= 4 is 0 Å². The van der Waals surface area contributed by atoms with E-state index in [9.17, 15) is 22.0 Å². The van der Waals surface area contributed by atoms with E-state index in [1.807, 2.05) is 0 Å². The van der Waals surface area contributed by atoms with Gasteiger partial charge in [0.1, 0.15) is 6.04 Å². The second kappa shape index (κ2) is 3.53. The molecule has 0 amide bonds. The Bertz CT molecular complexity index is 333. The minimum atomic E-state index is -4.66. The van der Waals surface area contributed by atoms with Gasteiger partial charge in [-0.25, -0.2) is 8.78 Å². The van der Waals surface area contributed by atoms with Crippen molar-refractivity contribution in [2.75, 3.05) is 0 Å². The number of rotatable bonds is 1. The van der Waals surface area contributed by atoms with E-state index in [1.54, 1.807) is 0 Å². The molecular formula is C8H6F5N. The zero-order valence-corrected chi connectivity index (χ0v) is 6.78. The van der Waals surface area contributed by atoms with E-state index in [2.05, 4.69) is 0 Å². The molecule has 0 aliphatic rings. The first-order valence-electron chi connectivity index (χ1n) is 3.59. The van der Waals surface area contributed by atoms with Crippen LogP contribution in [0.25, 0.3) is 0 Å². The van der Waals surface area contributed by atoms with Crippen LogP contribution in [0.3, 0.4) is 0 Å². The van der Waals surface area contributed by atoms with Crippen LogP contribution in [-0.4, -0.2) is 6.18 Å². The summed E-state index contributed by atoms with van der Waals surface area (Å²) in [5.74, 6) is -2.55. The molecule has 0 aliphatic heterocycles. The number of alkyl halides is 3. The highest BCUT2D eigenvalue weighted by Crippen LogP contribution is 2.30. The maximum absolute atomic E-state index is 12.5. The molecule has 1 aromatic carbocycles. The number of nitrogens with two attached hydrogens (primary N) is 1. The first-order valence-corrected chi connectivity index (χ1v) is 3.59. The molecule has 0 aliphatic carbocycles. The normalized spacial score (nSPS) is 14.1. The van der Waals surface area contributed by atoms with Gasteiger partial charge in [0.25, 0.3) is 0 Å². The quantitative estimate of drug-likeness (QED) is 0.709. The van der Waals surface area contributed by atoms with Crippen molar-refractivity contribution in [3.8, 4) is 0 Å². The zero-order valence-electron chi connectivity index (χ0n) is 6.78. The van der Waals surface area contributed by atoms with Crippen molar-refractivity contribution in [2.24, 2.45) is 5.73 Å². The molecule has 1 nitrogen and oxygen atoms in total. The Kier molecular flexibility index (Phi) is 2.75. The van der Waals surface area contributed by atoms with Gasteiger partial charge in [-0.15, -0.1) is 0 Å². The Morgan fingerprint density at radius 2 is 1.64 bits per heavy atom. The van der Waals surface area contributed by atoms with Crippen LogP contribution in [0.5, 0.6) is 0 Å². The molecular weight excluding hydrogens is 205 g/mol. The molecule has 0 spiro atoms.